The Balaban J connectivity index is 1.65. The van der Waals surface area contributed by atoms with E-state index in [1.807, 2.05) is 13.0 Å². The summed E-state index contributed by atoms with van der Waals surface area (Å²) in [4.78, 5) is 29.5. The number of carbonyl (C=O) groups excluding carboxylic acids is 2. The number of carbonyl (C=O) groups is 2. The van der Waals surface area contributed by atoms with Crippen LogP contribution in [0.25, 0.3) is 0 Å². The van der Waals surface area contributed by atoms with Crippen molar-refractivity contribution in [2.75, 3.05) is 24.6 Å². The number of hydrogen-bond acceptors (Lipinski definition) is 5. The van der Waals surface area contributed by atoms with Gasteiger partial charge in [0.1, 0.15) is 0 Å². The fraction of sp³-hybridized carbons (Fsp3) is 0.625. The van der Waals surface area contributed by atoms with E-state index in [1.165, 1.54) is 11.3 Å². The predicted molar refractivity (Wildman–Crippen MR) is 97.3 cm³/mol. The Morgan fingerprint density at radius 2 is 2.20 bits per heavy atom. The molecule has 2 saturated heterocycles. The van der Waals surface area contributed by atoms with Crippen LogP contribution in [0, 0.1) is 5.92 Å². The van der Waals surface area contributed by atoms with Crippen molar-refractivity contribution in [2.24, 2.45) is 5.92 Å². The van der Waals surface area contributed by atoms with Crippen molar-refractivity contribution in [3.63, 3.8) is 0 Å². The maximum absolute atomic E-state index is 12.8. The van der Waals surface area contributed by atoms with Crippen LogP contribution >= 0.6 is 22.9 Å². The summed E-state index contributed by atoms with van der Waals surface area (Å²) >= 11 is 7.38. The van der Waals surface area contributed by atoms with Gasteiger partial charge in [0, 0.05) is 30.4 Å². The van der Waals surface area contributed by atoms with Crippen molar-refractivity contribution >= 4 is 44.6 Å². The van der Waals surface area contributed by atoms with E-state index in [0.29, 0.717) is 30.4 Å². The van der Waals surface area contributed by atoms with Gasteiger partial charge in [-0.1, -0.05) is 11.6 Å². The van der Waals surface area contributed by atoms with Crippen molar-refractivity contribution in [3.05, 3.63) is 21.3 Å². The monoisotopic (exact) mass is 404 g/mol. The Hall–Kier alpha value is -1.12. The molecule has 0 bridgehead atoms. The van der Waals surface area contributed by atoms with Crippen molar-refractivity contribution < 1.29 is 18.0 Å². The second kappa shape index (κ2) is 7.25. The van der Waals surface area contributed by atoms with Crippen molar-refractivity contribution in [2.45, 2.75) is 32.4 Å². The number of likely N-dealkylation sites (tertiary alicyclic amines) is 1. The molecule has 0 saturated carbocycles. The van der Waals surface area contributed by atoms with Gasteiger partial charge in [-0.25, -0.2) is 8.42 Å². The van der Waals surface area contributed by atoms with E-state index < -0.39 is 15.8 Å². The maximum atomic E-state index is 12.8. The summed E-state index contributed by atoms with van der Waals surface area (Å²) in [6.45, 7) is 3.26. The number of sulfone groups is 1. The zero-order valence-corrected chi connectivity index (χ0v) is 16.4. The van der Waals surface area contributed by atoms with Crippen LogP contribution in [0.1, 0.15) is 24.6 Å². The zero-order chi connectivity index (χ0) is 18.2. The van der Waals surface area contributed by atoms with E-state index in [1.54, 1.807) is 15.9 Å². The molecule has 2 atom stereocenters. The molecular weight excluding hydrogens is 384 g/mol. The van der Waals surface area contributed by atoms with Crippen LogP contribution in [0.3, 0.4) is 0 Å². The van der Waals surface area contributed by atoms with Crippen molar-refractivity contribution in [3.8, 4) is 0 Å². The number of nitrogens with zero attached hydrogens (tertiary/aromatic N) is 2. The first-order chi connectivity index (χ1) is 11.8. The van der Waals surface area contributed by atoms with Crippen molar-refractivity contribution in [1.29, 1.82) is 0 Å². The van der Waals surface area contributed by atoms with E-state index in [2.05, 4.69) is 0 Å². The highest BCUT2D eigenvalue weighted by atomic mass is 35.5. The highest BCUT2D eigenvalue weighted by molar-refractivity contribution is 7.91. The highest BCUT2D eigenvalue weighted by Gasteiger charge is 2.42. The Morgan fingerprint density at radius 3 is 2.76 bits per heavy atom. The lowest BCUT2D eigenvalue weighted by Crippen LogP contribution is -2.40. The number of hydrogen-bond donors (Lipinski definition) is 0. The number of amides is 2. The molecule has 0 radical (unpaired) electrons. The van der Waals surface area contributed by atoms with Gasteiger partial charge in [-0.2, -0.15) is 0 Å². The third-order valence-corrected chi connectivity index (χ3v) is 7.79. The van der Waals surface area contributed by atoms with Crippen LogP contribution < -0.4 is 0 Å². The van der Waals surface area contributed by atoms with E-state index >= 15 is 0 Å². The minimum absolute atomic E-state index is 0.0187. The normalized spacial score (nSPS) is 25.5. The first kappa shape index (κ1) is 18.7. The summed E-state index contributed by atoms with van der Waals surface area (Å²) < 4.78 is 24.0. The first-order valence-corrected chi connectivity index (χ1v) is 11.3. The summed E-state index contributed by atoms with van der Waals surface area (Å²) in [5, 5.41) is 0. The van der Waals surface area contributed by atoms with Gasteiger partial charge in [0.2, 0.25) is 11.8 Å². The van der Waals surface area contributed by atoms with Gasteiger partial charge in [0.05, 0.1) is 28.3 Å². The fourth-order valence-electron chi connectivity index (χ4n) is 3.50. The molecule has 138 valence electrons. The predicted octanol–water partition coefficient (Wildman–Crippen LogP) is 1.79. The molecular formula is C16H21ClN2O4S2. The third kappa shape index (κ3) is 4.17. The van der Waals surface area contributed by atoms with Crippen LogP contribution in [-0.4, -0.2) is 60.7 Å². The van der Waals surface area contributed by atoms with Gasteiger partial charge >= 0.3 is 0 Å². The number of halogens is 1. The summed E-state index contributed by atoms with van der Waals surface area (Å²) in [6, 6.07) is 3.43. The largest absolute Gasteiger partial charge is 0.338 e. The molecule has 2 aliphatic rings. The van der Waals surface area contributed by atoms with Crippen LogP contribution in [0.4, 0.5) is 0 Å². The molecule has 6 nitrogen and oxygen atoms in total. The lowest BCUT2D eigenvalue weighted by molar-refractivity contribution is -0.136. The van der Waals surface area contributed by atoms with Crippen molar-refractivity contribution in [1.82, 2.24) is 9.80 Å². The summed E-state index contributed by atoms with van der Waals surface area (Å²) in [6.07, 6.45) is 0.636. The second-order valence-electron chi connectivity index (χ2n) is 6.56. The third-order valence-electron chi connectivity index (χ3n) is 4.83. The molecule has 2 amide bonds. The molecule has 3 rings (SSSR count). The van der Waals surface area contributed by atoms with Crippen LogP contribution in [0.2, 0.25) is 4.34 Å². The summed E-state index contributed by atoms with van der Waals surface area (Å²) in [5.41, 5.74) is 0. The van der Waals surface area contributed by atoms with Gasteiger partial charge < -0.3 is 9.80 Å². The molecule has 25 heavy (non-hydrogen) atoms. The van der Waals surface area contributed by atoms with Gasteiger partial charge in [-0.15, -0.1) is 11.3 Å². The average molecular weight is 405 g/mol. The molecule has 0 aliphatic carbocycles. The highest BCUT2D eigenvalue weighted by Crippen LogP contribution is 2.28. The first-order valence-electron chi connectivity index (χ1n) is 8.32. The molecule has 2 aliphatic heterocycles. The average Bonchev–Trinajstić information content (AvgIpc) is 3.23. The Morgan fingerprint density at radius 1 is 1.44 bits per heavy atom. The minimum atomic E-state index is -3.05. The van der Waals surface area contributed by atoms with Crippen LogP contribution in [0.5, 0.6) is 0 Å². The fourth-order valence-corrected chi connectivity index (χ4v) is 6.33. The van der Waals surface area contributed by atoms with E-state index in [9.17, 15) is 18.0 Å². The Labute approximate surface area is 156 Å². The zero-order valence-electron chi connectivity index (χ0n) is 14.0. The molecule has 9 heteroatoms. The lowest BCUT2D eigenvalue weighted by atomic mass is 10.1. The Kier molecular flexibility index (Phi) is 5.41. The maximum Gasteiger partial charge on any atom is 0.228 e. The summed E-state index contributed by atoms with van der Waals surface area (Å²) in [7, 11) is -3.05. The molecule has 0 N–H and O–H groups in total. The molecule has 2 fully saturated rings. The van der Waals surface area contributed by atoms with E-state index in [-0.39, 0.29) is 35.8 Å². The summed E-state index contributed by atoms with van der Waals surface area (Å²) in [5.74, 6) is -0.420. The van der Waals surface area contributed by atoms with Crippen LogP contribution in [0.15, 0.2) is 12.1 Å². The van der Waals surface area contributed by atoms with Gasteiger partial charge in [-0.05, 0) is 25.5 Å². The van der Waals surface area contributed by atoms with Gasteiger partial charge in [0.25, 0.3) is 0 Å². The smallest absolute Gasteiger partial charge is 0.228 e. The Bertz CT molecular complexity index is 777. The molecule has 0 spiro atoms. The molecule has 1 aromatic heterocycles. The quantitative estimate of drug-likeness (QED) is 0.749. The minimum Gasteiger partial charge on any atom is -0.338 e. The van der Waals surface area contributed by atoms with Crippen LogP contribution in [-0.2, 0) is 26.0 Å². The van der Waals surface area contributed by atoms with E-state index in [0.717, 1.165) is 4.88 Å². The molecule has 3 heterocycles. The lowest BCUT2D eigenvalue weighted by Gasteiger charge is -2.25. The molecule has 0 aromatic carbocycles. The standard InChI is InChI=1S/C16H21ClN2O4S2/c1-2-18(9-13-3-4-14(17)24-13)16(21)11-7-15(20)19(8-11)12-5-6-25(22,23)10-12/h3-4,11-12H,2,5-10H2,1H3/t11-,12+/m0/s1. The topological polar surface area (TPSA) is 74.8 Å². The number of thiophene rings is 1. The van der Waals surface area contributed by atoms with E-state index in [4.69, 9.17) is 11.6 Å². The SMILES string of the molecule is CCN(Cc1ccc(Cl)s1)C(=O)[C@H]1CC(=O)N([C@@H]2CCS(=O)(=O)C2)C1. The van der Waals surface area contributed by atoms with Gasteiger partial charge in [0.15, 0.2) is 9.84 Å². The molecule has 0 unspecified atom stereocenters. The molecule has 1 aromatic rings. The second-order valence-corrected chi connectivity index (χ2v) is 10.6. The number of rotatable bonds is 5. The van der Waals surface area contributed by atoms with Gasteiger partial charge in [-0.3, -0.25) is 9.59 Å².